The Labute approximate surface area is 112 Å². The van der Waals surface area contributed by atoms with Gasteiger partial charge in [0.2, 0.25) is 0 Å². The van der Waals surface area contributed by atoms with Crippen molar-refractivity contribution in [3.63, 3.8) is 0 Å². The average Bonchev–Trinajstić information content (AvgIpc) is 2.28. The topological polar surface area (TPSA) is 57.6 Å². The molecule has 0 bridgehead atoms. The van der Waals surface area contributed by atoms with E-state index in [1.54, 1.807) is 30.9 Å². The van der Waals surface area contributed by atoms with Crippen LogP contribution in [0.25, 0.3) is 0 Å². The summed E-state index contributed by atoms with van der Waals surface area (Å²) >= 11 is 0. The fourth-order valence-electron chi connectivity index (χ4n) is 2.50. The van der Waals surface area contributed by atoms with Crippen LogP contribution in [0.2, 0.25) is 0 Å². The summed E-state index contributed by atoms with van der Waals surface area (Å²) in [6.45, 7) is 3.59. The Balaban J connectivity index is 2.42. The summed E-state index contributed by atoms with van der Waals surface area (Å²) < 4.78 is 37.2. The third kappa shape index (κ3) is 2.90. The Kier molecular flexibility index (Phi) is 3.82. The minimum atomic E-state index is -3.05. The first-order chi connectivity index (χ1) is 8.82. The number of sulfone groups is 1. The van der Waals surface area contributed by atoms with E-state index in [1.165, 1.54) is 6.07 Å². The van der Waals surface area contributed by atoms with Gasteiger partial charge in [-0.2, -0.15) is 0 Å². The summed E-state index contributed by atoms with van der Waals surface area (Å²) in [5.41, 5.74) is 0.811. The second-order valence-electron chi connectivity index (χ2n) is 5.01. The first kappa shape index (κ1) is 14.3. The van der Waals surface area contributed by atoms with E-state index in [0.717, 1.165) is 0 Å². The predicted octanol–water partition coefficient (Wildman–Crippen LogP) is 1.50. The zero-order valence-corrected chi connectivity index (χ0v) is 11.8. The van der Waals surface area contributed by atoms with Gasteiger partial charge in [0.15, 0.2) is 9.84 Å². The Hall–Kier alpha value is -1.14. The molecule has 1 aromatic rings. The monoisotopic (exact) mass is 287 g/mol. The molecule has 19 heavy (non-hydrogen) atoms. The van der Waals surface area contributed by atoms with E-state index in [1.807, 2.05) is 0 Å². The van der Waals surface area contributed by atoms with Crippen LogP contribution in [0.15, 0.2) is 18.2 Å². The van der Waals surface area contributed by atoms with Crippen molar-refractivity contribution in [2.75, 3.05) is 23.0 Å². The number of anilines is 1. The zero-order chi connectivity index (χ0) is 14.2. The maximum atomic E-state index is 14.1. The van der Waals surface area contributed by atoms with E-state index < -0.39 is 21.8 Å². The van der Waals surface area contributed by atoms with E-state index in [-0.39, 0.29) is 24.1 Å². The first-order valence-corrected chi connectivity index (χ1v) is 8.07. The fourth-order valence-corrected chi connectivity index (χ4v) is 4.06. The fraction of sp³-hybridized carbons (Fsp3) is 0.538. The number of aliphatic hydroxyl groups excluding tert-OH is 1. The summed E-state index contributed by atoms with van der Waals surface area (Å²) in [5.74, 6) is -0.393. The second kappa shape index (κ2) is 5.09. The van der Waals surface area contributed by atoms with Crippen molar-refractivity contribution < 1.29 is 17.9 Å². The van der Waals surface area contributed by atoms with Crippen LogP contribution in [0.4, 0.5) is 10.1 Å². The highest BCUT2D eigenvalue weighted by molar-refractivity contribution is 7.91. The summed E-state index contributed by atoms with van der Waals surface area (Å²) in [7, 11) is -3.05. The SMILES string of the molecule is CC(O)c1cccc(F)c1N1CCS(=O)(=O)CC1C. The highest BCUT2D eigenvalue weighted by atomic mass is 32.2. The van der Waals surface area contributed by atoms with Crippen molar-refractivity contribution in [2.45, 2.75) is 26.0 Å². The van der Waals surface area contributed by atoms with Crippen LogP contribution in [-0.2, 0) is 9.84 Å². The molecule has 2 atom stereocenters. The van der Waals surface area contributed by atoms with Gasteiger partial charge in [0.1, 0.15) is 5.82 Å². The van der Waals surface area contributed by atoms with Crippen molar-refractivity contribution >= 4 is 15.5 Å². The molecule has 1 heterocycles. The molecule has 1 aromatic carbocycles. The Morgan fingerprint density at radius 1 is 1.47 bits per heavy atom. The van der Waals surface area contributed by atoms with Gasteiger partial charge in [-0.05, 0) is 19.9 Å². The molecule has 0 spiro atoms. The van der Waals surface area contributed by atoms with Crippen LogP contribution < -0.4 is 4.90 Å². The van der Waals surface area contributed by atoms with Crippen LogP contribution in [-0.4, -0.2) is 37.6 Å². The maximum Gasteiger partial charge on any atom is 0.154 e. The van der Waals surface area contributed by atoms with Crippen molar-refractivity contribution in [3.8, 4) is 0 Å². The quantitative estimate of drug-likeness (QED) is 0.895. The molecule has 2 rings (SSSR count). The molecule has 1 saturated heterocycles. The van der Waals surface area contributed by atoms with Crippen LogP contribution >= 0.6 is 0 Å². The maximum absolute atomic E-state index is 14.1. The van der Waals surface area contributed by atoms with Gasteiger partial charge in [0.25, 0.3) is 0 Å². The predicted molar refractivity (Wildman–Crippen MR) is 72.5 cm³/mol. The summed E-state index contributed by atoms with van der Waals surface area (Å²) in [4.78, 5) is 1.73. The average molecular weight is 287 g/mol. The second-order valence-corrected chi connectivity index (χ2v) is 7.24. The smallest absolute Gasteiger partial charge is 0.154 e. The normalized spacial score (nSPS) is 24.2. The molecular formula is C13H18FNO3S. The molecule has 2 unspecified atom stereocenters. The Bertz CT molecular complexity index is 571. The largest absolute Gasteiger partial charge is 0.389 e. The molecular weight excluding hydrogens is 269 g/mol. The molecule has 1 aliphatic heterocycles. The van der Waals surface area contributed by atoms with Crippen molar-refractivity contribution in [1.29, 1.82) is 0 Å². The van der Waals surface area contributed by atoms with Gasteiger partial charge in [-0.1, -0.05) is 12.1 Å². The minimum Gasteiger partial charge on any atom is -0.389 e. The number of halogens is 1. The molecule has 0 saturated carbocycles. The number of benzene rings is 1. The molecule has 1 fully saturated rings. The van der Waals surface area contributed by atoms with Gasteiger partial charge in [-0.25, -0.2) is 12.8 Å². The molecule has 0 aromatic heterocycles. The number of hydrogen-bond acceptors (Lipinski definition) is 4. The zero-order valence-electron chi connectivity index (χ0n) is 11.0. The molecule has 4 nitrogen and oxygen atoms in total. The third-order valence-corrected chi connectivity index (χ3v) is 5.22. The molecule has 0 radical (unpaired) electrons. The summed E-state index contributed by atoms with van der Waals surface area (Å²) in [6.07, 6.45) is -0.795. The van der Waals surface area contributed by atoms with E-state index in [0.29, 0.717) is 11.3 Å². The minimum absolute atomic E-state index is 0.0145. The van der Waals surface area contributed by atoms with Gasteiger partial charge in [-0.15, -0.1) is 0 Å². The number of aliphatic hydroxyl groups is 1. The third-order valence-electron chi connectivity index (χ3n) is 3.43. The van der Waals surface area contributed by atoms with Crippen LogP contribution in [0.5, 0.6) is 0 Å². The lowest BCUT2D eigenvalue weighted by Gasteiger charge is -2.36. The molecule has 0 aliphatic carbocycles. The molecule has 1 aliphatic rings. The summed E-state index contributed by atoms with van der Waals surface area (Å²) in [5, 5.41) is 9.74. The number of nitrogens with zero attached hydrogens (tertiary/aromatic N) is 1. The van der Waals surface area contributed by atoms with E-state index in [4.69, 9.17) is 0 Å². The van der Waals surface area contributed by atoms with E-state index in [9.17, 15) is 17.9 Å². The number of rotatable bonds is 2. The Morgan fingerprint density at radius 3 is 2.74 bits per heavy atom. The lowest BCUT2D eigenvalue weighted by molar-refractivity contribution is 0.199. The van der Waals surface area contributed by atoms with Crippen LogP contribution in [0, 0.1) is 5.82 Å². The van der Waals surface area contributed by atoms with Crippen molar-refractivity contribution in [1.82, 2.24) is 0 Å². The molecule has 1 N–H and O–H groups in total. The van der Waals surface area contributed by atoms with Gasteiger partial charge in [-0.3, -0.25) is 0 Å². The Morgan fingerprint density at radius 2 is 2.16 bits per heavy atom. The molecule has 6 heteroatoms. The number of hydrogen-bond donors (Lipinski definition) is 1. The van der Waals surface area contributed by atoms with Crippen LogP contribution in [0.3, 0.4) is 0 Å². The lowest BCUT2D eigenvalue weighted by Crippen LogP contribution is -2.47. The first-order valence-electron chi connectivity index (χ1n) is 6.25. The van der Waals surface area contributed by atoms with Crippen LogP contribution in [0.1, 0.15) is 25.5 Å². The van der Waals surface area contributed by atoms with Crippen molar-refractivity contribution in [2.24, 2.45) is 0 Å². The number of para-hydroxylation sites is 1. The highest BCUT2D eigenvalue weighted by Crippen LogP contribution is 2.32. The van der Waals surface area contributed by atoms with Gasteiger partial charge < -0.3 is 10.0 Å². The standard InChI is InChI=1S/C13H18FNO3S/c1-9-8-19(17,18)7-6-15(9)13-11(10(2)16)4-3-5-12(13)14/h3-5,9-10,16H,6-8H2,1-2H3. The molecule has 106 valence electrons. The van der Waals surface area contributed by atoms with Crippen molar-refractivity contribution in [3.05, 3.63) is 29.6 Å². The van der Waals surface area contributed by atoms with Gasteiger partial charge in [0.05, 0.1) is 23.3 Å². The lowest BCUT2D eigenvalue weighted by atomic mass is 10.1. The van der Waals surface area contributed by atoms with E-state index in [2.05, 4.69) is 0 Å². The van der Waals surface area contributed by atoms with E-state index >= 15 is 0 Å². The van der Waals surface area contributed by atoms with Gasteiger partial charge in [0, 0.05) is 18.2 Å². The summed E-state index contributed by atoms with van der Waals surface area (Å²) in [6, 6.07) is 4.25. The van der Waals surface area contributed by atoms with Gasteiger partial charge >= 0.3 is 0 Å². The highest BCUT2D eigenvalue weighted by Gasteiger charge is 2.31. The molecule has 0 amide bonds.